The first-order chi connectivity index (χ1) is 11.3. The summed E-state index contributed by atoms with van der Waals surface area (Å²) in [5.74, 6) is 0.644. The minimum Gasteiger partial charge on any atom is -0.484 e. The second-order valence-electron chi connectivity index (χ2n) is 5.68. The predicted octanol–water partition coefficient (Wildman–Crippen LogP) is 2.49. The molecule has 1 atom stereocenters. The molecule has 0 bridgehead atoms. The molecule has 6 nitrogen and oxygen atoms in total. The number of ether oxygens (including phenoxy) is 2. The van der Waals surface area contributed by atoms with Crippen LogP contribution in [0.15, 0.2) is 18.2 Å². The molecule has 124 valence electrons. The number of hydrogen-bond acceptors (Lipinski definition) is 6. The summed E-state index contributed by atoms with van der Waals surface area (Å²) in [6.45, 7) is 4.30. The fourth-order valence-corrected chi connectivity index (χ4v) is 3.23. The van der Waals surface area contributed by atoms with Crippen LogP contribution in [0.25, 0.3) is 11.0 Å². The first-order valence-electron chi connectivity index (χ1n) is 8.00. The lowest BCUT2D eigenvalue weighted by atomic mass is 10.2. The Hall–Kier alpha value is -1.73. The van der Waals surface area contributed by atoms with Crippen LogP contribution in [0.3, 0.4) is 0 Å². The van der Waals surface area contributed by atoms with E-state index in [0.29, 0.717) is 12.3 Å². The van der Waals surface area contributed by atoms with Gasteiger partial charge in [-0.2, -0.15) is 8.75 Å². The Morgan fingerprint density at radius 2 is 2.30 bits per heavy atom. The van der Waals surface area contributed by atoms with Gasteiger partial charge in [0.25, 0.3) is 5.91 Å². The van der Waals surface area contributed by atoms with Gasteiger partial charge in [-0.3, -0.25) is 4.79 Å². The summed E-state index contributed by atoms with van der Waals surface area (Å²) in [6.07, 6.45) is 3.20. The third-order valence-corrected chi connectivity index (χ3v) is 4.44. The van der Waals surface area contributed by atoms with E-state index in [4.69, 9.17) is 9.47 Å². The molecule has 1 unspecified atom stereocenters. The van der Waals surface area contributed by atoms with Crippen molar-refractivity contribution in [2.24, 2.45) is 0 Å². The van der Waals surface area contributed by atoms with Crippen LogP contribution in [0.2, 0.25) is 0 Å². The molecule has 1 aromatic heterocycles. The molecule has 1 aliphatic rings. The van der Waals surface area contributed by atoms with Crippen LogP contribution in [-0.4, -0.2) is 52.0 Å². The Kier molecular flexibility index (Phi) is 5.40. The van der Waals surface area contributed by atoms with Crippen molar-refractivity contribution < 1.29 is 14.3 Å². The highest BCUT2D eigenvalue weighted by atomic mass is 32.1. The lowest BCUT2D eigenvalue weighted by molar-refractivity contribution is -0.135. The van der Waals surface area contributed by atoms with Gasteiger partial charge in [0.1, 0.15) is 16.8 Å². The third kappa shape index (κ3) is 4.17. The first-order valence-corrected chi connectivity index (χ1v) is 8.74. The summed E-state index contributed by atoms with van der Waals surface area (Å²) in [6, 6.07) is 5.49. The van der Waals surface area contributed by atoms with Gasteiger partial charge in [-0.25, -0.2) is 0 Å². The van der Waals surface area contributed by atoms with E-state index in [9.17, 15) is 4.79 Å². The molecule has 1 aromatic carbocycles. The summed E-state index contributed by atoms with van der Waals surface area (Å²) >= 11 is 1.17. The van der Waals surface area contributed by atoms with E-state index >= 15 is 0 Å². The van der Waals surface area contributed by atoms with Gasteiger partial charge in [-0.05, 0) is 31.4 Å². The van der Waals surface area contributed by atoms with Gasteiger partial charge in [0.15, 0.2) is 6.61 Å². The topological polar surface area (TPSA) is 64.5 Å². The average Bonchev–Trinajstić information content (AvgIpc) is 3.22. The molecule has 1 fully saturated rings. The predicted molar refractivity (Wildman–Crippen MR) is 88.8 cm³/mol. The second kappa shape index (κ2) is 7.70. The lowest BCUT2D eigenvalue weighted by Gasteiger charge is -2.25. The van der Waals surface area contributed by atoms with Gasteiger partial charge < -0.3 is 14.4 Å². The highest BCUT2D eigenvalue weighted by molar-refractivity contribution is 7.00. The monoisotopic (exact) mass is 335 g/mol. The number of fused-ring (bicyclic) bond motifs is 1. The largest absolute Gasteiger partial charge is 0.484 e. The number of benzene rings is 1. The molecule has 0 N–H and O–H groups in total. The molecule has 2 aromatic rings. The normalized spacial score (nSPS) is 17.5. The van der Waals surface area contributed by atoms with E-state index in [1.165, 1.54) is 11.7 Å². The summed E-state index contributed by atoms with van der Waals surface area (Å²) in [7, 11) is 0. The number of rotatable bonds is 7. The third-order valence-electron chi connectivity index (χ3n) is 3.88. The first kappa shape index (κ1) is 16.1. The fourth-order valence-electron chi connectivity index (χ4n) is 2.71. The van der Waals surface area contributed by atoms with Gasteiger partial charge >= 0.3 is 0 Å². The Bertz CT molecular complexity index is 655. The van der Waals surface area contributed by atoms with Crippen molar-refractivity contribution in [2.75, 3.05) is 26.3 Å². The van der Waals surface area contributed by atoms with Crippen LogP contribution < -0.4 is 4.74 Å². The maximum atomic E-state index is 12.4. The van der Waals surface area contributed by atoms with Crippen LogP contribution in [0.1, 0.15) is 26.2 Å². The minimum atomic E-state index is -0.00107. The van der Waals surface area contributed by atoms with E-state index in [1.54, 1.807) is 0 Å². The number of carbonyl (C=O) groups is 1. The molecule has 0 aliphatic carbocycles. The molecule has 23 heavy (non-hydrogen) atoms. The van der Waals surface area contributed by atoms with E-state index in [2.05, 4.69) is 15.7 Å². The van der Waals surface area contributed by atoms with E-state index < -0.39 is 0 Å². The van der Waals surface area contributed by atoms with E-state index in [1.807, 2.05) is 23.1 Å². The van der Waals surface area contributed by atoms with Crippen molar-refractivity contribution in [2.45, 2.75) is 32.3 Å². The summed E-state index contributed by atoms with van der Waals surface area (Å²) in [5.41, 5.74) is 1.64. The standard InChI is InChI=1S/C16H21N3O3S/c1-2-7-19(10-13-4-3-8-21-13)16(20)11-22-12-5-6-14-15(9-12)18-23-17-14/h5-6,9,13H,2-4,7-8,10-11H2,1H3. The number of nitrogens with zero attached hydrogens (tertiary/aromatic N) is 3. The average molecular weight is 335 g/mol. The van der Waals surface area contributed by atoms with Crippen molar-refractivity contribution in [1.82, 2.24) is 13.6 Å². The molecule has 0 radical (unpaired) electrons. The quantitative estimate of drug-likeness (QED) is 0.778. The Labute approximate surface area is 139 Å². The molecule has 0 saturated carbocycles. The van der Waals surface area contributed by atoms with Crippen LogP contribution in [0.4, 0.5) is 0 Å². The van der Waals surface area contributed by atoms with Gasteiger partial charge in [0, 0.05) is 25.8 Å². The second-order valence-corrected chi connectivity index (χ2v) is 6.21. The van der Waals surface area contributed by atoms with Gasteiger partial charge in [0.05, 0.1) is 17.8 Å². The lowest BCUT2D eigenvalue weighted by Crippen LogP contribution is -2.40. The number of hydrogen-bond donors (Lipinski definition) is 0. The zero-order chi connectivity index (χ0) is 16.1. The van der Waals surface area contributed by atoms with Crippen molar-refractivity contribution in [1.29, 1.82) is 0 Å². The smallest absolute Gasteiger partial charge is 0.260 e. The molecule has 1 amide bonds. The van der Waals surface area contributed by atoms with E-state index in [-0.39, 0.29) is 18.6 Å². The van der Waals surface area contributed by atoms with Gasteiger partial charge in [0.2, 0.25) is 0 Å². The SMILES string of the molecule is CCCN(CC1CCCO1)C(=O)COc1ccc2nsnc2c1. The molecule has 0 spiro atoms. The maximum absolute atomic E-state index is 12.4. The van der Waals surface area contributed by atoms with Crippen molar-refractivity contribution in [3.8, 4) is 5.75 Å². The summed E-state index contributed by atoms with van der Waals surface area (Å²) in [5, 5.41) is 0. The maximum Gasteiger partial charge on any atom is 0.260 e. The molecule has 2 heterocycles. The molecule has 3 rings (SSSR count). The number of carbonyl (C=O) groups excluding carboxylic acids is 1. The number of amides is 1. The number of aromatic nitrogens is 2. The Morgan fingerprint density at radius 1 is 1.43 bits per heavy atom. The molecule has 1 aliphatic heterocycles. The zero-order valence-corrected chi connectivity index (χ0v) is 14.1. The Morgan fingerprint density at radius 3 is 3.09 bits per heavy atom. The van der Waals surface area contributed by atoms with Gasteiger partial charge in [-0.15, -0.1) is 0 Å². The van der Waals surface area contributed by atoms with E-state index in [0.717, 1.165) is 43.4 Å². The highest BCUT2D eigenvalue weighted by Gasteiger charge is 2.22. The summed E-state index contributed by atoms with van der Waals surface area (Å²) < 4.78 is 19.6. The van der Waals surface area contributed by atoms with Crippen molar-refractivity contribution in [3.05, 3.63) is 18.2 Å². The van der Waals surface area contributed by atoms with Crippen LogP contribution >= 0.6 is 11.7 Å². The molecular weight excluding hydrogens is 314 g/mol. The minimum absolute atomic E-state index is 0.00107. The van der Waals surface area contributed by atoms with Crippen LogP contribution in [0, 0.1) is 0 Å². The Balaban J connectivity index is 1.56. The summed E-state index contributed by atoms with van der Waals surface area (Å²) in [4.78, 5) is 14.3. The van der Waals surface area contributed by atoms with Crippen LogP contribution in [0.5, 0.6) is 5.75 Å². The highest BCUT2D eigenvalue weighted by Crippen LogP contribution is 2.19. The molecular formula is C16H21N3O3S. The fraction of sp³-hybridized carbons (Fsp3) is 0.562. The molecule has 7 heteroatoms. The molecule has 1 saturated heterocycles. The zero-order valence-electron chi connectivity index (χ0n) is 13.2. The van der Waals surface area contributed by atoms with Crippen molar-refractivity contribution >= 4 is 28.7 Å². The van der Waals surface area contributed by atoms with Crippen molar-refractivity contribution in [3.63, 3.8) is 0 Å². The van der Waals surface area contributed by atoms with Gasteiger partial charge in [-0.1, -0.05) is 6.92 Å². The van der Waals surface area contributed by atoms with Crippen LogP contribution in [-0.2, 0) is 9.53 Å².